The van der Waals surface area contributed by atoms with Crippen molar-refractivity contribution >= 4 is 53.3 Å². The molecule has 0 amide bonds. The van der Waals surface area contributed by atoms with E-state index in [-0.39, 0.29) is 0 Å². The highest BCUT2D eigenvalue weighted by molar-refractivity contribution is 7.26. The lowest BCUT2D eigenvalue weighted by Gasteiger charge is -2.12. The molecule has 3 heterocycles. The number of thiophene rings is 1. The molecular formula is C39H24N4S. The second-order valence-corrected chi connectivity index (χ2v) is 11.9. The van der Waals surface area contributed by atoms with Crippen LogP contribution in [0.4, 0.5) is 0 Å². The van der Waals surface area contributed by atoms with Gasteiger partial charge in [0.25, 0.3) is 0 Å². The zero-order valence-electron chi connectivity index (χ0n) is 23.6. The fourth-order valence-electron chi connectivity index (χ4n) is 6.22. The Hall–Kier alpha value is -5.65. The van der Waals surface area contributed by atoms with E-state index in [2.05, 4.69) is 126 Å². The lowest BCUT2D eigenvalue weighted by molar-refractivity contribution is 0.955. The number of nitrogens with zero attached hydrogens (tertiary/aromatic N) is 4. The molecule has 0 spiro atoms. The van der Waals surface area contributed by atoms with E-state index < -0.39 is 0 Å². The summed E-state index contributed by atoms with van der Waals surface area (Å²) in [6.45, 7) is 0. The summed E-state index contributed by atoms with van der Waals surface area (Å²) in [4.78, 5) is 15.4. The molecule has 4 nitrogen and oxygen atoms in total. The van der Waals surface area contributed by atoms with Crippen LogP contribution < -0.4 is 0 Å². The van der Waals surface area contributed by atoms with Gasteiger partial charge in [0, 0.05) is 37.4 Å². The predicted molar refractivity (Wildman–Crippen MR) is 183 cm³/mol. The average molecular weight is 581 g/mol. The summed E-state index contributed by atoms with van der Waals surface area (Å²) in [5, 5.41) is 4.88. The van der Waals surface area contributed by atoms with Crippen LogP contribution in [0.5, 0.6) is 0 Å². The zero-order valence-corrected chi connectivity index (χ0v) is 24.4. The third kappa shape index (κ3) is 3.94. The minimum absolute atomic E-state index is 0.607. The van der Waals surface area contributed by atoms with Crippen LogP contribution in [0.25, 0.3) is 81.8 Å². The van der Waals surface area contributed by atoms with E-state index in [0.717, 1.165) is 33.3 Å². The van der Waals surface area contributed by atoms with E-state index in [1.54, 1.807) is 0 Å². The van der Waals surface area contributed by atoms with Crippen LogP contribution in [-0.4, -0.2) is 19.5 Å². The molecular weight excluding hydrogens is 557 g/mol. The Labute approximate surface area is 257 Å². The van der Waals surface area contributed by atoms with Crippen LogP contribution in [0.1, 0.15) is 0 Å². The van der Waals surface area contributed by atoms with Gasteiger partial charge in [-0.05, 0) is 29.3 Å². The SMILES string of the molecule is c1ccc(-c2cccc(-c3nc(-c4ccccc4)nc(-n4c5ccccc5c5ccc6c7ccccc7sc6c54)n3)c2)cc1. The van der Waals surface area contributed by atoms with E-state index in [9.17, 15) is 0 Å². The summed E-state index contributed by atoms with van der Waals surface area (Å²) in [5.41, 5.74) is 6.36. The lowest BCUT2D eigenvalue weighted by Crippen LogP contribution is -2.06. The van der Waals surface area contributed by atoms with Crippen LogP contribution in [0.2, 0.25) is 0 Å². The third-order valence-electron chi connectivity index (χ3n) is 8.26. The van der Waals surface area contributed by atoms with Crippen molar-refractivity contribution in [3.05, 3.63) is 146 Å². The first-order valence-corrected chi connectivity index (χ1v) is 15.4. The van der Waals surface area contributed by atoms with Crippen molar-refractivity contribution in [1.82, 2.24) is 19.5 Å². The molecule has 3 aromatic heterocycles. The van der Waals surface area contributed by atoms with Crippen LogP contribution in [0, 0.1) is 0 Å². The second kappa shape index (κ2) is 9.97. The van der Waals surface area contributed by atoms with Gasteiger partial charge >= 0.3 is 0 Å². The van der Waals surface area contributed by atoms with Crippen molar-refractivity contribution < 1.29 is 0 Å². The summed E-state index contributed by atoms with van der Waals surface area (Å²) in [6, 6.07) is 50.7. The van der Waals surface area contributed by atoms with Gasteiger partial charge in [0.2, 0.25) is 5.95 Å². The Morgan fingerprint density at radius 3 is 1.86 bits per heavy atom. The van der Waals surface area contributed by atoms with Crippen LogP contribution in [0.15, 0.2) is 146 Å². The maximum absolute atomic E-state index is 5.21. The Kier molecular flexibility index (Phi) is 5.64. The first-order chi connectivity index (χ1) is 21.8. The van der Waals surface area contributed by atoms with Gasteiger partial charge in [-0.15, -0.1) is 11.3 Å². The Morgan fingerprint density at radius 2 is 1.05 bits per heavy atom. The Morgan fingerprint density at radius 1 is 0.432 bits per heavy atom. The van der Waals surface area contributed by atoms with Crippen molar-refractivity contribution in [2.75, 3.05) is 0 Å². The number of hydrogen-bond acceptors (Lipinski definition) is 4. The van der Waals surface area contributed by atoms with Gasteiger partial charge in [0.1, 0.15) is 0 Å². The van der Waals surface area contributed by atoms with Gasteiger partial charge in [0.05, 0.1) is 15.7 Å². The molecule has 0 N–H and O–H groups in total. The summed E-state index contributed by atoms with van der Waals surface area (Å²) in [6.07, 6.45) is 0. The molecule has 0 radical (unpaired) electrons. The largest absolute Gasteiger partial charge is 0.276 e. The van der Waals surface area contributed by atoms with Gasteiger partial charge in [-0.3, -0.25) is 4.57 Å². The van der Waals surface area contributed by atoms with Crippen LogP contribution >= 0.6 is 11.3 Å². The molecule has 0 saturated carbocycles. The fraction of sp³-hybridized carbons (Fsp3) is 0. The average Bonchev–Trinajstić information content (AvgIpc) is 3.65. The minimum atomic E-state index is 0.607. The Balaban J connectivity index is 1.37. The Bertz CT molecular complexity index is 2490. The zero-order chi connectivity index (χ0) is 29.0. The molecule has 0 unspecified atom stereocenters. The third-order valence-corrected chi connectivity index (χ3v) is 9.46. The van der Waals surface area contributed by atoms with E-state index >= 15 is 0 Å². The van der Waals surface area contributed by atoms with Gasteiger partial charge in [-0.2, -0.15) is 9.97 Å². The molecule has 0 saturated heterocycles. The first-order valence-electron chi connectivity index (χ1n) is 14.6. The van der Waals surface area contributed by atoms with Crippen LogP contribution in [-0.2, 0) is 0 Å². The summed E-state index contributed by atoms with van der Waals surface area (Å²) < 4.78 is 4.74. The molecule has 9 aromatic rings. The van der Waals surface area contributed by atoms with Crippen molar-refractivity contribution in [3.8, 4) is 39.9 Å². The van der Waals surface area contributed by atoms with Gasteiger partial charge in [-0.1, -0.05) is 127 Å². The standard InChI is InChI=1S/C39H24N4S/c1-3-12-25(13-4-1)27-16-11-17-28(24-27)38-40-37(26-14-5-2-6-15-26)41-39(42-38)43-33-20-9-7-18-29(33)31-22-23-32-30-19-8-10-21-34(30)44-36(32)35(31)43/h1-24H. The number of aromatic nitrogens is 4. The fourth-order valence-corrected chi connectivity index (χ4v) is 7.46. The van der Waals surface area contributed by atoms with E-state index in [4.69, 9.17) is 15.0 Å². The van der Waals surface area contributed by atoms with Gasteiger partial charge in [-0.25, -0.2) is 4.98 Å². The minimum Gasteiger partial charge on any atom is -0.276 e. The molecule has 6 aromatic carbocycles. The molecule has 0 aliphatic rings. The van der Waals surface area contributed by atoms with E-state index in [0.29, 0.717) is 17.6 Å². The smallest absolute Gasteiger partial charge is 0.238 e. The molecule has 0 aliphatic heterocycles. The topological polar surface area (TPSA) is 43.6 Å². The lowest BCUT2D eigenvalue weighted by atomic mass is 10.0. The van der Waals surface area contributed by atoms with Crippen molar-refractivity contribution in [3.63, 3.8) is 0 Å². The highest BCUT2D eigenvalue weighted by atomic mass is 32.1. The number of hydrogen-bond donors (Lipinski definition) is 0. The van der Waals surface area contributed by atoms with Crippen molar-refractivity contribution in [2.45, 2.75) is 0 Å². The monoisotopic (exact) mass is 580 g/mol. The van der Waals surface area contributed by atoms with Crippen LogP contribution in [0.3, 0.4) is 0 Å². The molecule has 206 valence electrons. The second-order valence-electron chi connectivity index (χ2n) is 10.9. The normalized spacial score (nSPS) is 11.6. The number of benzene rings is 6. The molecule has 0 aliphatic carbocycles. The number of rotatable bonds is 4. The molecule has 44 heavy (non-hydrogen) atoms. The van der Waals surface area contributed by atoms with E-state index in [1.165, 1.54) is 30.9 Å². The molecule has 0 atom stereocenters. The highest BCUT2D eigenvalue weighted by Gasteiger charge is 2.21. The molecule has 0 bridgehead atoms. The maximum atomic E-state index is 5.21. The molecule has 9 rings (SSSR count). The quantitative estimate of drug-likeness (QED) is 0.208. The number of fused-ring (bicyclic) bond motifs is 7. The molecule has 0 fully saturated rings. The highest BCUT2D eigenvalue weighted by Crippen LogP contribution is 2.42. The maximum Gasteiger partial charge on any atom is 0.238 e. The summed E-state index contributed by atoms with van der Waals surface area (Å²) in [7, 11) is 0. The van der Waals surface area contributed by atoms with Crippen molar-refractivity contribution in [1.29, 1.82) is 0 Å². The van der Waals surface area contributed by atoms with E-state index in [1.807, 2.05) is 35.6 Å². The number of para-hydroxylation sites is 1. The summed E-state index contributed by atoms with van der Waals surface area (Å²) >= 11 is 1.82. The van der Waals surface area contributed by atoms with Crippen molar-refractivity contribution in [2.24, 2.45) is 0 Å². The van der Waals surface area contributed by atoms with Gasteiger partial charge in [0.15, 0.2) is 11.6 Å². The summed E-state index contributed by atoms with van der Waals surface area (Å²) in [5.74, 6) is 1.89. The molecule has 5 heteroatoms. The predicted octanol–water partition coefficient (Wildman–Crippen LogP) is 10.3. The van der Waals surface area contributed by atoms with Gasteiger partial charge < -0.3 is 0 Å². The first kappa shape index (κ1) is 24.9.